The SMILES string of the molecule is CC(C)(S)CC(CCCC(N)=O)NCCN. The molecule has 0 aliphatic rings. The van der Waals surface area contributed by atoms with Crippen LogP contribution in [0.4, 0.5) is 0 Å². The fourth-order valence-electron chi connectivity index (χ4n) is 1.69. The molecule has 0 aliphatic heterocycles. The van der Waals surface area contributed by atoms with E-state index in [1.807, 2.05) is 0 Å². The van der Waals surface area contributed by atoms with Crippen LogP contribution in [0.2, 0.25) is 0 Å². The minimum absolute atomic E-state index is 0.0149. The van der Waals surface area contributed by atoms with Crippen LogP contribution in [-0.4, -0.2) is 29.8 Å². The Morgan fingerprint density at radius 3 is 2.56 bits per heavy atom. The lowest BCUT2D eigenvalue weighted by Crippen LogP contribution is -2.37. The van der Waals surface area contributed by atoms with Crippen LogP contribution < -0.4 is 16.8 Å². The first kappa shape index (κ1) is 15.7. The minimum atomic E-state index is -0.234. The van der Waals surface area contributed by atoms with E-state index in [-0.39, 0.29) is 10.7 Å². The van der Waals surface area contributed by atoms with Gasteiger partial charge in [0.2, 0.25) is 5.91 Å². The molecule has 0 rings (SSSR count). The Labute approximate surface area is 104 Å². The Morgan fingerprint density at radius 2 is 2.12 bits per heavy atom. The summed E-state index contributed by atoms with van der Waals surface area (Å²) in [4.78, 5) is 10.6. The summed E-state index contributed by atoms with van der Waals surface area (Å²) in [7, 11) is 0. The van der Waals surface area contributed by atoms with Gasteiger partial charge in [-0.15, -0.1) is 0 Å². The summed E-state index contributed by atoms with van der Waals surface area (Å²) < 4.78 is -0.0149. The van der Waals surface area contributed by atoms with Gasteiger partial charge in [-0.1, -0.05) is 13.8 Å². The molecule has 0 heterocycles. The van der Waals surface area contributed by atoms with Crippen molar-refractivity contribution in [2.24, 2.45) is 11.5 Å². The predicted molar refractivity (Wildman–Crippen MR) is 71.6 cm³/mol. The summed E-state index contributed by atoms with van der Waals surface area (Å²) in [5.41, 5.74) is 10.6. The molecule has 96 valence electrons. The third-order valence-electron chi connectivity index (χ3n) is 2.30. The molecule has 0 aliphatic carbocycles. The van der Waals surface area contributed by atoms with Gasteiger partial charge in [-0.05, 0) is 19.3 Å². The second-order valence-electron chi connectivity index (χ2n) is 4.81. The average Bonchev–Trinajstić information content (AvgIpc) is 2.11. The van der Waals surface area contributed by atoms with Crippen LogP contribution in [-0.2, 0) is 4.79 Å². The molecule has 5 N–H and O–H groups in total. The molecule has 0 aromatic rings. The van der Waals surface area contributed by atoms with Gasteiger partial charge in [-0.25, -0.2) is 0 Å². The highest BCUT2D eigenvalue weighted by Gasteiger charge is 2.18. The van der Waals surface area contributed by atoms with E-state index in [0.717, 1.165) is 25.8 Å². The highest BCUT2D eigenvalue weighted by molar-refractivity contribution is 7.81. The molecule has 0 saturated carbocycles. The second kappa shape index (κ2) is 7.92. The maximum atomic E-state index is 10.6. The monoisotopic (exact) mass is 247 g/mol. The molecule has 0 radical (unpaired) electrons. The van der Waals surface area contributed by atoms with Gasteiger partial charge < -0.3 is 16.8 Å². The van der Waals surface area contributed by atoms with Gasteiger partial charge in [-0.3, -0.25) is 4.79 Å². The number of thiol groups is 1. The topological polar surface area (TPSA) is 81.1 Å². The zero-order valence-corrected chi connectivity index (χ0v) is 11.2. The van der Waals surface area contributed by atoms with Crippen LogP contribution in [0.15, 0.2) is 0 Å². The quantitative estimate of drug-likeness (QED) is 0.452. The standard InChI is InChI=1S/C11H25N3OS/c1-11(2,16)8-9(14-7-6-12)4-3-5-10(13)15/h9,14,16H,3-8,12H2,1-2H3,(H2,13,15). The van der Waals surface area contributed by atoms with Gasteiger partial charge in [0.15, 0.2) is 0 Å². The number of nitrogens with one attached hydrogen (secondary N) is 1. The zero-order chi connectivity index (χ0) is 12.6. The Kier molecular flexibility index (Phi) is 7.80. The van der Waals surface area contributed by atoms with E-state index < -0.39 is 0 Å². The van der Waals surface area contributed by atoms with Crippen LogP contribution in [0.25, 0.3) is 0 Å². The summed E-state index contributed by atoms with van der Waals surface area (Å²) in [5.74, 6) is -0.234. The molecule has 1 amide bonds. The van der Waals surface area contributed by atoms with Gasteiger partial charge in [0, 0.05) is 30.3 Å². The normalized spacial score (nSPS) is 13.8. The van der Waals surface area contributed by atoms with Crippen LogP contribution >= 0.6 is 12.6 Å². The number of hydrogen-bond acceptors (Lipinski definition) is 4. The summed E-state index contributed by atoms with van der Waals surface area (Å²) in [6.45, 7) is 5.59. The fourth-order valence-corrected chi connectivity index (χ4v) is 1.91. The number of hydrogen-bond donors (Lipinski definition) is 4. The van der Waals surface area contributed by atoms with Crippen LogP contribution in [0.1, 0.15) is 39.5 Å². The summed E-state index contributed by atoms with van der Waals surface area (Å²) in [6, 6.07) is 0.357. The molecular formula is C11H25N3OS. The van der Waals surface area contributed by atoms with Crippen molar-refractivity contribution in [3.8, 4) is 0 Å². The van der Waals surface area contributed by atoms with Crippen molar-refractivity contribution in [3.05, 3.63) is 0 Å². The molecule has 0 aromatic carbocycles. The van der Waals surface area contributed by atoms with Crippen molar-refractivity contribution in [1.29, 1.82) is 0 Å². The van der Waals surface area contributed by atoms with Crippen molar-refractivity contribution in [3.63, 3.8) is 0 Å². The van der Waals surface area contributed by atoms with Gasteiger partial charge in [0.1, 0.15) is 0 Å². The number of carbonyl (C=O) groups is 1. The first-order valence-electron chi connectivity index (χ1n) is 5.79. The lowest BCUT2D eigenvalue weighted by atomic mass is 9.98. The van der Waals surface area contributed by atoms with Crippen LogP contribution in [0.5, 0.6) is 0 Å². The van der Waals surface area contributed by atoms with Crippen molar-refractivity contribution >= 4 is 18.5 Å². The van der Waals surface area contributed by atoms with E-state index in [4.69, 9.17) is 11.5 Å². The molecule has 0 bridgehead atoms. The number of amides is 1. The fraction of sp³-hybridized carbons (Fsp3) is 0.909. The lowest BCUT2D eigenvalue weighted by Gasteiger charge is -2.26. The van der Waals surface area contributed by atoms with E-state index in [1.165, 1.54) is 0 Å². The average molecular weight is 247 g/mol. The smallest absolute Gasteiger partial charge is 0.217 e. The molecule has 16 heavy (non-hydrogen) atoms. The van der Waals surface area contributed by atoms with Crippen molar-refractivity contribution in [2.75, 3.05) is 13.1 Å². The van der Waals surface area contributed by atoms with E-state index in [2.05, 4.69) is 31.8 Å². The summed E-state index contributed by atoms with van der Waals surface area (Å²) >= 11 is 4.52. The second-order valence-corrected chi connectivity index (χ2v) is 6.03. The molecule has 0 aromatic heterocycles. The Bertz CT molecular complexity index is 204. The van der Waals surface area contributed by atoms with Crippen molar-refractivity contribution in [2.45, 2.75) is 50.3 Å². The molecular weight excluding hydrogens is 222 g/mol. The number of nitrogens with two attached hydrogens (primary N) is 2. The molecule has 1 atom stereocenters. The van der Waals surface area contributed by atoms with Crippen molar-refractivity contribution in [1.82, 2.24) is 5.32 Å². The minimum Gasteiger partial charge on any atom is -0.370 e. The summed E-state index contributed by atoms with van der Waals surface area (Å²) in [6.07, 6.45) is 3.16. The molecule has 5 heteroatoms. The number of primary amides is 1. The van der Waals surface area contributed by atoms with E-state index in [1.54, 1.807) is 0 Å². The highest BCUT2D eigenvalue weighted by Crippen LogP contribution is 2.21. The van der Waals surface area contributed by atoms with Crippen molar-refractivity contribution < 1.29 is 4.79 Å². The molecule has 0 fully saturated rings. The maximum absolute atomic E-state index is 10.6. The maximum Gasteiger partial charge on any atom is 0.217 e. The Morgan fingerprint density at radius 1 is 1.50 bits per heavy atom. The van der Waals surface area contributed by atoms with E-state index >= 15 is 0 Å². The highest BCUT2D eigenvalue weighted by atomic mass is 32.1. The first-order valence-corrected chi connectivity index (χ1v) is 6.24. The zero-order valence-electron chi connectivity index (χ0n) is 10.3. The Hall–Kier alpha value is -0.260. The molecule has 0 saturated heterocycles. The largest absolute Gasteiger partial charge is 0.370 e. The molecule has 1 unspecified atom stereocenters. The summed E-state index contributed by atoms with van der Waals surface area (Å²) in [5, 5.41) is 3.37. The lowest BCUT2D eigenvalue weighted by molar-refractivity contribution is -0.118. The van der Waals surface area contributed by atoms with E-state index in [9.17, 15) is 4.79 Å². The Balaban J connectivity index is 3.95. The molecule has 4 nitrogen and oxygen atoms in total. The third kappa shape index (κ3) is 10.3. The van der Waals surface area contributed by atoms with Gasteiger partial charge >= 0.3 is 0 Å². The van der Waals surface area contributed by atoms with Gasteiger partial charge in [-0.2, -0.15) is 12.6 Å². The van der Waals surface area contributed by atoms with Crippen LogP contribution in [0, 0.1) is 0 Å². The molecule has 0 spiro atoms. The van der Waals surface area contributed by atoms with Gasteiger partial charge in [0.25, 0.3) is 0 Å². The van der Waals surface area contributed by atoms with Crippen LogP contribution in [0.3, 0.4) is 0 Å². The van der Waals surface area contributed by atoms with E-state index in [0.29, 0.717) is 19.0 Å². The predicted octanol–water partition coefficient (Wildman–Crippen LogP) is 0.657. The first-order chi connectivity index (χ1) is 7.35. The number of carbonyl (C=O) groups excluding carboxylic acids is 1. The van der Waals surface area contributed by atoms with Gasteiger partial charge in [0.05, 0.1) is 0 Å². The number of rotatable bonds is 9. The third-order valence-corrected chi connectivity index (χ3v) is 2.48.